The van der Waals surface area contributed by atoms with Crippen molar-refractivity contribution in [2.75, 3.05) is 14.2 Å². The Bertz CT molecular complexity index is 2170. The number of benzene rings is 4. The molecule has 0 amide bonds. The standard InChI is InChI=1S/C36H28Cl2N2O4S/c1-42-30-16-13-23(17-31(30)43-2)34-27-15-12-21-7-3-5-9-26(21)33(27)39-36-40(34)35(41)32(45-36)18-22-8-4-6-10-29(22)44-20-24-11-14-25(37)19-28(24)38/h3-11,13-14,16-19,34H,12,15,20H2,1-2H3/b32-18-/t34-/m0/s1. The van der Waals surface area contributed by atoms with Crippen LogP contribution in [0.15, 0.2) is 100 Å². The van der Waals surface area contributed by atoms with E-state index in [1.807, 2.05) is 65.2 Å². The first-order chi connectivity index (χ1) is 21.9. The molecule has 1 aliphatic carbocycles. The Morgan fingerprint density at radius 1 is 0.911 bits per heavy atom. The molecule has 5 aromatic rings. The molecule has 4 aromatic carbocycles. The highest BCUT2D eigenvalue weighted by Gasteiger charge is 2.33. The summed E-state index contributed by atoms with van der Waals surface area (Å²) in [6.45, 7) is 0.257. The average Bonchev–Trinajstić information content (AvgIpc) is 3.37. The number of para-hydroxylation sites is 1. The molecule has 1 aromatic heterocycles. The highest BCUT2D eigenvalue weighted by molar-refractivity contribution is 7.07. The number of rotatable bonds is 7. The van der Waals surface area contributed by atoms with Gasteiger partial charge in [0.05, 0.1) is 30.5 Å². The average molecular weight is 656 g/mol. The van der Waals surface area contributed by atoms with Gasteiger partial charge in [-0.15, -0.1) is 0 Å². The SMILES string of the molecule is COc1ccc([C@H]2C3=C(N=c4s/c(=C\c5ccccc5OCc5ccc(Cl)cc5Cl)c(=O)n42)c2ccccc2CC3)cc1OC. The van der Waals surface area contributed by atoms with E-state index in [4.69, 9.17) is 42.4 Å². The summed E-state index contributed by atoms with van der Waals surface area (Å²) in [6, 6.07) is 26.9. The van der Waals surface area contributed by atoms with Crippen molar-refractivity contribution in [3.05, 3.63) is 148 Å². The Balaban J connectivity index is 1.36. The summed E-state index contributed by atoms with van der Waals surface area (Å²) in [7, 11) is 3.24. The molecule has 2 aliphatic rings. The molecule has 0 saturated heterocycles. The number of ether oxygens (including phenoxy) is 3. The number of aryl methyl sites for hydroxylation is 1. The maximum Gasteiger partial charge on any atom is 0.271 e. The number of methoxy groups -OCH3 is 2. The van der Waals surface area contributed by atoms with E-state index in [0.29, 0.717) is 36.6 Å². The van der Waals surface area contributed by atoms with Crippen LogP contribution >= 0.6 is 34.5 Å². The summed E-state index contributed by atoms with van der Waals surface area (Å²) in [5.74, 6) is 1.88. The second kappa shape index (κ2) is 12.2. The number of nitrogens with zero attached hydrogens (tertiary/aromatic N) is 2. The van der Waals surface area contributed by atoms with E-state index >= 15 is 0 Å². The second-order valence-electron chi connectivity index (χ2n) is 10.8. The highest BCUT2D eigenvalue weighted by atomic mass is 35.5. The Hall–Kier alpha value is -4.30. The fraction of sp³-hybridized carbons (Fsp3) is 0.167. The van der Waals surface area contributed by atoms with Crippen LogP contribution in [0.1, 0.15) is 40.3 Å². The van der Waals surface area contributed by atoms with Crippen LogP contribution in [-0.4, -0.2) is 18.8 Å². The molecule has 0 fully saturated rings. The molecular formula is C36H28Cl2N2O4S. The smallest absolute Gasteiger partial charge is 0.271 e. The molecule has 1 atom stereocenters. The Kier molecular flexibility index (Phi) is 8.00. The minimum atomic E-state index is -0.342. The summed E-state index contributed by atoms with van der Waals surface area (Å²) in [5, 5.41) is 1.10. The predicted octanol–water partition coefficient (Wildman–Crippen LogP) is 7.22. The van der Waals surface area contributed by atoms with Gasteiger partial charge in [-0.2, -0.15) is 0 Å². The summed E-state index contributed by atoms with van der Waals surface area (Å²) in [4.78, 5) is 20.1. The van der Waals surface area contributed by atoms with E-state index in [-0.39, 0.29) is 18.2 Å². The van der Waals surface area contributed by atoms with Gasteiger partial charge in [-0.1, -0.05) is 89.1 Å². The van der Waals surface area contributed by atoms with Gasteiger partial charge in [0.1, 0.15) is 12.4 Å². The zero-order valence-corrected chi connectivity index (χ0v) is 26.9. The highest BCUT2D eigenvalue weighted by Crippen LogP contribution is 2.42. The molecule has 0 spiro atoms. The van der Waals surface area contributed by atoms with Crippen molar-refractivity contribution in [1.82, 2.24) is 4.57 Å². The third kappa shape index (κ3) is 5.46. The van der Waals surface area contributed by atoms with E-state index in [1.165, 1.54) is 16.9 Å². The van der Waals surface area contributed by atoms with Gasteiger partial charge in [0.2, 0.25) is 0 Å². The van der Waals surface area contributed by atoms with Crippen molar-refractivity contribution >= 4 is 46.3 Å². The zero-order valence-electron chi connectivity index (χ0n) is 24.6. The van der Waals surface area contributed by atoms with Crippen LogP contribution in [0.25, 0.3) is 11.8 Å². The molecule has 2 heterocycles. The largest absolute Gasteiger partial charge is 0.493 e. The monoisotopic (exact) mass is 654 g/mol. The molecule has 0 unspecified atom stereocenters. The normalized spacial score (nSPS) is 15.6. The van der Waals surface area contributed by atoms with Crippen LogP contribution in [0.3, 0.4) is 0 Å². The number of allylic oxidation sites excluding steroid dienone is 1. The van der Waals surface area contributed by atoms with Gasteiger partial charge in [-0.3, -0.25) is 9.36 Å². The van der Waals surface area contributed by atoms with Gasteiger partial charge in [0, 0.05) is 26.7 Å². The van der Waals surface area contributed by atoms with Crippen molar-refractivity contribution in [3.63, 3.8) is 0 Å². The molecule has 0 N–H and O–H groups in total. The lowest BCUT2D eigenvalue weighted by molar-refractivity contribution is 0.305. The Morgan fingerprint density at radius 2 is 1.71 bits per heavy atom. The van der Waals surface area contributed by atoms with Gasteiger partial charge < -0.3 is 14.2 Å². The van der Waals surface area contributed by atoms with E-state index in [9.17, 15) is 4.79 Å². The van der Waals surface area contributed by atoms with Crippen LogP contribution in [-0.2, 0) is 13.0 Å². The lowest BCUT2D eigenvalue weighted by Crippen LogP contribution is -2.38. The number of thiazole rings is 1. The molecule has 226 valence electrons. The Labute approximate surface area is 274 Å². The summed E-state index contributed by atoms with van der Waals surface area (Å²) >= 11 is 13.8. The van der Waals surface area contributed by atoms with Gasteiger partial charge in [0.15, 0.2) is 16.3 Å². The van der Waals surface area contributed by atoms with E-state index < -0.39 is 0 Å². The molecule has 1 aliphatic heterocycles. The van der Waals surface area contributed by atoms with Crippen LogP contribution in [0.2, 0.25) is 10.0 Å². The third-order valence-electron chi connectivity index (χ3n) is 8.20. The summed E-state index contributed by atoms with van der Waals surface area (Å²) in [5.41, 5.74) is 6.85. The first-order valence-corrected chi connectivity index (χ1v) is 16.0. The van der Waals surface area contributed by atoms with Crippen molar-refractivity contribution in [2.45, 2.75) is 25.5 Å². The molecule has 9 heteroatoms. The summed E-state index contributed by atoms with van der Waals surface area (Å²) < 4.78 is 19.7. The number of hydrogen-bond donors (Lipinski definition) is 0. The molecule has 0 radical (unpaired) electrons. The number of halogens is 2. The van der Waals surface area contributed by atoms with Crippen LogP contribution in [0.4, 0.5) is 0 Å². The molecule has 0 bridgehead atoms. The van der Waals surface area contributed by atoms with E-state index in [2.05, 4.69) is 18.2 Å². The van der Waals surface area contributed by atoms with Gasteiger partial charge >= 0.3 is 0 Å². The number of fused-ring (bicyclic) bond motifs is 3. The van der Waals surface area contributed by atoms with E-state index in [1.54, 1.807) is 26.4 Å². The topological polar surface area (TPSA) is 62.0 Å². The first-order valence-electron chi connectivity index (χ1n) is 14.5. The fourth-order valence-corrected chi connectivity index (χ4v) is 7.47. The van der Waals surface area contributed by atoms with Crippen molar-refractivity contribution in [3.8, 4) is 17.2 Å². The van der Waals surface area contributed by atoms with Gasteiger partial charge in [0.25, 0.3) is 5.56 Å². The molecular weight excluding hydrogens is 627 g/mol. The maximum atomic E-state index is 14.3. The number of hydrogen-bond acceptors (Lipinski definition) is 6. The number of aromatic nitrogens is 1. The van der Waals surface area contributed by atoms with Gasteiger partial charge in [-0.25, -0.2) is 4.99 Å². The zero-order chi connectivity index (χ0) is 31.1. The van der Waals surface area contributed by atoms with Crippen LogP contribution in [0.5, 0.6) is 17.2 Å². The second-order valence-corrected chi connectivity index (χ2v) is 12.6. The quantitative estimate of drug-likeness (QED) is 0.186. The molecule has 0 saturated carbocycles. The fourth-order valence-electron chi connectivity index (χ4n) is 6.01. The maximum absolute atomic E-state index is 14.3. The predicted molar refractivity (Wildman–Crippen MR) is 180 cm³/mol. The lowest BCUT2D eigenvalue weighted by atomic mass is 9.83. The summed E-state index contributed by atoms with van der Waals surface area (Å²) in [6.07, 6.45) is 3.55. The molecule has 6 nitrogen and oxygen atoms in total. The minimum Gasteiger partial charge on any atom is -0.493 e. The lowest BCUT2D eigenvalue weighted by Gasteiger charge is -2.31. The first kappa shape index (κ1) is 29.4. The van der Waals surface area contributed by atoms with Crippen molar-refractivity contribution in [2.24, 2.45) is 4.99 Å². The third-order valence-corrected chi connectivity index (χ3v) is 9.77. The van der Waals surface area contributed by atoms with Crippen LogP contribution in [0, 0.1) is 0 Å². The van der Waals surface area contributed by atoms with Crippen LogP contribution < -0.4 is 29.1 Å². The Morgan fingerprint density at radius 3 is 2.53 bits per heavy atom. The molecule has 7 rings (SSSR count). The minimum absolute atomic E-state index is 0.112. The van der Waals surface area contributed by atoms with Crippen molar-refractivity contribution in [1.29, 1.82) is 0 Å². The van der Waals surface area contributed by atoms with Gasteiger partial charge in [-0.05, 0) is 65.9 Å². The molecule has 45 heavy (non-hydrogen) atoms. The van der Waals surface area contributed by atoms with E-state index in [0.717, 1.165) is 46.4 Å². The van der Waals surface area contributed by atoms with Crippen molar-refractivity contribution < 1.29 is 14.2 Å².